The van der Waals surface area contributed by atoms with E-state index in [4.69, 9.17) is 4.42 Å². The van der Waals surface area contributed by atoms with Crippen molar-refractivity contribution in [3.05, 3.63) is 70.8 Å². The van der Waals surface area contributed by atoms with Gasteiger partial charge in [0.05, 0.1) is 22.1 Å². The molecule has 0 atom stereocenters. The van der Waals surface area contributed by atoms with E-state index in [-0.39, 0.29) is 17.7 Å². The Morgan fingerprint density at radius 2 is 2.00 bits per heavy atom. The summed E-state index contributed by atoms with van der Waals surface area (Å²) >= 11 is 1.46. The van der Waals surface area contributed by atoms with Crippen LogP contribution in [0.4, 0.5) is 10.4 Å². The SMILES string of the molecule is O=C(Nc1nnc(Cc2ccc(F)cc2)o1)c1ccc2ncsc2c1. The van der Waals surface area contributed by atoms with Crippen LogP contribution in [0.2, 0.25) is 0 Å². The second kappa shape index (κ2) is 6.40. The molecule has 0 saturated carbocycles. The molecule has 0 saturated heterocycles. The predicted molar refractivity (Wildman–Crippen MR) is 91.1 cm³/mol. The van der Waals surface area contributed by atoms with Gasteiger partial charge in [-0.2, -0.15) is 0 Å². The second-order valence-electron chi connectivity index (χ2n) is 5.29. The highest BCUT2D eigenvalue weighted by Gasteiger charge is 2.13. The van der Waals surface area contributed by atoms with Crippen molar-refractivity contribution in [1.29, 1.82) is 0 Å². The van der Waals surface area contributed by atoms with Gasteiger partial charge in [-0.1, -0.05) is 17.2 Å². The van der Waals surface area contributed by atoms with Crippen LogP contribution in [0.15, 0.2) is 52.4 Å². The number of rotatable bonds is 4. The quantitative estimate of drug-likeness (QED) is 0.605. The summed E-state index contributed by atoms with van der Waals surface area (Å²) in [7, 11) is 0. The molecule has 2 heterocycles. The van der Waals surface area contributed by atoms with Crippen LogP contribution < -0.4 is 5.32 Å². The van der Waals surface area contributed by atoms with Gasteiger partial charge in [0.1, 0.15) is 5.82 Å². The van der Waals surface area contributed by atoms with Crippen molar-refractivity contribution in [2.75, 3.05) is 5.32 Å². The lowest BCUT2D eigenvalue weighted by molar-refractivity contribution is 0.102. The van der Waals surface area contributed by atoms with Gasteiger partial charge in [-0.3, -0.25) is 10.1 Å². The van der Waals surface area contributed by atoms with Crippen LogP contribution in [0, 0.1) is 5.82 Å². The van der Waals surface area contributed by atoms with Gasteiger partial charge in [0.15, 0.2) is 0 Å². The van der Waals surface area contributed by atoms with Crippen LogP contribution in [-0.4, -0.2) is 21.1 Å². The Morgan fingerprint density at radius 3 is 2.84 bits per heavy atom. The highest BCUT2D eigenvalue weighted by molar-refractivity contribution is 7.16. The monoisotopic (exact) mass is 354 g/mol. The van der Waals surface area contributed by atoms with Gasteiger partial charge in [-0.05, 0) is 35.9 Å². The molecule has 0 bridgehead atoms. The summed E-state index contributed by atoms with van der Waals surface area (Å²) in [4.78, 5) is 16.5. The van der Waals surface area contributed by atoms with E-state index in [1.54, 1.807) is 35.8 Å². The second-order valence-corrected chi connectivity index (χ2v) is 6.18. The van der Waals surface area contributed by atoms with E-state index in [1.165, 1.54) is 23.5 Å². The zero-order chi connectivity index (χ0) is 17.2. The van der Waals surface area contributed by atoms with Gasteiger partial charge in [-0.15, -0.1) is 16.4 Å². The van der Waals surface area contributed by atoms with Crippen molar-refractivity contribution in [3.63, 3.8) is 0 Å². The van der Waals surface area contributed by atoms with E-state index in [9.17, 15) is 9.18 Å². The molecule has 2 aromatic carbocycles. The minimum Gasteiger partial charge on any atom is -0.407 e. The number of benzene rings is 2. The summed E-state index contributed by atoms with van der Waals surface area (Å²) in [6.07, 6.45) is 0.357. The van der Waals surface area contributed by atoms with Gasteiger partial charge in [-0.25, -0.2) is 9.37 Å². The highest BCUT2D eigenvalue weighted by Crippen LogP contribution is 2.20. The van der Waals surface area contributed by atoms with Crippen molar-refractivity contribution < 1.29 is 13.6 Å². The first-order valence-corrected chi connectivity index (χ1v) is 8.27. The third-order valence-corrected chi connectivity index (χ3v) is 4.34. The Labute approximate surface area is 145 Å². The number of thiazole rings is 1. The average Bonchev–Trinajstić information content (AvgIpc) is 3.25. The minimum atomic E-state index is -0.340. The van der Waals surface area contributed by atoms with Crippen LogP contribution in [0.1, 0.15) is 21.8 Å². The van der Waals surface area contributed by atoms with Crippen molar-refractivity contribution in [3.8, 4) is 0 Å². The topological polar surface area (TPSA) is 80.9 Å². The first-order chi connectivity index (χ1) is 12.2. The lowest BCUT2D eigenvalue weighted by Crippen LogP contribution is -2.11. The summed E-state index contributed by atoms with van der Waals surface area (Å²) in [6.45, 7) is 0. The maximum absolute atomic E-state index is 12.9. The molecule has 0 fully saturated rings. The zero-order valence-corrected chi connectivity index (χ0v) is 13.6. The van der Waals surface area contributed by atoms with Gasteiger partial charge < -0.3 is 4.42 Å². The summed E-state index contributed by atoms with van der Waals surface area (Å²) in [5.41, 5.74) is 3.89. The predicted octanol–water partition coefficient (Wildman–Crippen LogP) is 3.66. The van der Waals surface area contributed by atoms with Crippen LogP contribution in [0.5, 0.6) is 0 Å². The third-order valence-electron chi connectivity index (χ3n) is 3.55. The number of hydrogen-bond donors (Lipinski definition) is 1. The molecular weight excluding hydrogens is 343 g/mol. The molecule has 2 aromatic heterocycles. The van der Waals surface area contributed by atoms with Crippen molar-refractivity contribution in [1.82, 2.24) is 15.2 Å². The standard InChI is InChI=1S/C17H11FN4O2S/c18-12-4-1-10(2-5-12)7-15-21-22-17(24-15)20-16(23)11-3-6-13-14(8-11)25-9-19-13/h1-6,8-9H,7H2,(H,20,22,23). The molecule has 0 aliphatic heterocycles. The van der Waals surface area contributed by atoms with E-state index in [1.807, 2.05) is 0 Å². The Bertz CT molecular complexity index is 1040. The van der Waals surface area contributed by atoms with Gasteiger partial charge >= 0.3 is 6.01 Å². The molecule has 4 aromatic rings. The van der Waals surface area contributed by atoms with Gasteiger partial charge in [0.25, 0.3) is 5.91 Å². The molecule has 1 N–H and O–H groups in total. The molecular formula is C17H11FN4O2S. The molecule has 0 aliphatic rings. The minimum absolute atomic E-state index is 0.0199. The number of nitrogens with zero attached hydrogens (tertiary/aromatic N) is 3. The summed E-state index contributed by atoms with van der Waals surface area (Å²) in [5.74, 6) is -0.313. The van der Waals surface area contributed by atoms with Crippen molar-refractivity contribution in [2.24, 2.45) is 0 Å². The van der Waals surface area contributed by atoms with E-state index in [0.29, 0.717) is 17.9 Å². The lowest BCUT2D eigenvalue weighted by atomic mass is 10.1. The molecule has 6 nitrogen and oxygen atoms in total. The number of anilines is 1. The summed E-state index contributed by atoms with van der Waals surface area (Å²) in [5, 5.41) is 10.3. The summed E-state index contributed by atoms with van der Waals surface area (Å²) < 4.78 is 19.3. The van der Waals surface area contributed by atoms with Crippen molar-refractivity contribution in [2.45, 2.75) is 6.42 Å². The first-order valence-electron chi connectivity index (χ1n) is 7.39. The molecule has 8 heteroatoms. The Hall–Kier alpha value is -3.13. The van der Waals surface area contributed by atoms with E-state index in [2.05, 4.69) is 20.5 Å². The van der Waals surface area contributed by atoms with Crippen LogP contribution in [-0.2, 0) is 6.42 Å². The third kappa shape index (κ3) is 3.38. The number of halogens is 1. The number of amides is 1. The summed E-state index contributed by atoms with van der Waals surface area (Å²) in [6, 6.07) is 11.3. The number of carbonyl (C=O) groups excluding carboxylic acids is 1. The van der Waals surface area contributed by atoms with Crippen LogP contribution in [0.25, 0.3) is 10.2 Å². The normalized spacial score (nSPS) is 10.9. The molecule has 0 spiro atoms. The number of aromatic nitrogens is 3. The molecule has 1 amide bonds. The Balaban J connectivity index is 1.46. The number of fused-ring (bicyclic) bond motifs is 1. The molecule has 0 aliphatic carbocycles. The van der Waals surface area contributed by atoms with Crippen LogP contribution >= 0.6 is 11.3 Å². The molecule has 124 valence electrons. The smallest absolute Gasteiger partial charge is 0.322 e. The number of carbonyl (C=O) groups is 1. The molecule has 25 heavy (non-hydrogen) atoms. The molecule has 0 radical (unpaired) electrons. The lowest BCUT2D eigenvalue weighted by Gasteiger charge is -2.00. The zero-order valence-electron chi connectivity index (χ0n) is 12.8. The van der Waals surface area contributed by atoms with E-state index >= 15 is 0 Å². The Kier molecular flexibility index (Phi) is 3.95. The fourth-order valence-corrected chi connectivity index (χ4v) is 3.03. The Morgan fingerprint density at radius 1 is 1.16 bits per heavy atom. The number of hydrogen-bond acceptors (Lipinski definition) is 6. The van der Waals surface area contributed by atoms with Gasteiger partial charge in [0, 0.05) is 5.56 Å². The van der Waals surface area contributed by atoms with Crippen molar-refractivity contribution >= 4 is 33.5 Å². The maximum Gasteiger partial charge on any atom is 0.322 e. The fourth-order valence-electron chi connectivity index (χ4n) is 2.32. The first kappa shape index (κ1) is 15.4. The maximum atomic E-state index is 12.9. The molecule has 0 unspecified atom stereocenters. The van der Waals surface area contributed by atoms with Gasteiger partial charge in [0.2, 0.25) is 5.89 Å². The molecule has 4 rings (SSSR count). The van der Waals surface area contributed by atoms with E-state index < -0.39 is 0 Å². The number of nitrogens with one attached hydrogen (secondary N) is 1. The highest BCUT2D eigenvalue weighted by atomic mass is 32.1. The average molecular weight is 354 g/mol. The largest absolute Gasteiger partial charge is 0.407 e. The van der Waals surface area contributed by atoms with E-state index in [0.717, 1.165) is 15.8 Å². The fraction of sp³-hybridized carbons (Fsp3) is 0.0588. The van der Waals surface area contributed by atoms with Crippen LogP contribution in [0.3, 0.4) is 0 Å².